The fourth-order valence-corrected chi connectivity index (χ4v) is 2.22. The highest BCUT2D eigenvalue weighted by Crippen LogP contribution is 2.26. The molecular formula is C14H11BrN2O2. The average Bonchev–Trinajstić information content (AvgIpc) is 2.88. The lowest BCUT2D eigenvalue weighted by molar-refractivity contribution is 0.102. The number of amides is 1. The fraction of sp³-hybridized carbons (Fsp3) is 0.143. The summed E-state index contributed by atoms with van der Waals surface area (Å²) in [5, 5.41) is 2.81. The number of fused-ring (bicyclic) bond motifs is 1. The molecule has 1 amide bonds. The van der Waals surface area contributed by atoms with Gasteiger partial charge in [0.25, 0.3) is 5.91 Å². The van der Waals surface area contributed by atoms with Gasteiger partial charge in [0.15, 0.2) is 0 Å². The molecule has 0 saturated carbocycles. The number of benzene rings is 1. The first-order valence-corrected chi connectivity index (χ1v) is 6.70. The van der Waals surface area contributed by atoms with Crippen molar-refractivity contribution in [1.82, 2.24) is 4.98 Å². The second-order valence-electron chi connectivity index (χ2n) is 4.24. The molecule has 0 spiro atoms. The summed E-state index contributed by atoms with van der Waals surface area (Å²) < 4.78 is 6.15. The first-order valence-electron chi connectivity index (χ1n) is 5.91. The highest BCUT2D eigenvalue weighted by Gasteiger charge is 2.15. The van der Waals surface area contributed by atoms with Crippen LogP contribution in [0.15, 0.2) is 41.1 Å². The Morgan fingerprint density at radius 1 is 1.32 bits per heavy atom. The number of halogens is 1. The van der Waals surface area contributed by atoms with Crippen LogP contribution in [-0.2, 0) is 6.42 Å². The second-order valence-corrected chi connectivity index (χ2v) is 5.06. The van der Waals surface area contributed by atoms with Gasteiger partial charge in [-0.2, -0.15) is 0 Å². The van der Waals surface area contributed by atoms with Crippen molar-refractivity contribution < 1.29 is 9.53 Å². The van der Waals surface area contributed by atoms with Gasteiger partial charge in [0, 0.05) is 12.0 Å². The first kappa shape index (κ1) is 12.2. The van der Waals surface area contributed by atoms with Crippen LogP contribution >= 0.6 is 15.9 Å². The number of pyridine rings is 1. The predicted molar refractivity (Wildman–Crippen MR) is 75.5 cm³/mol. The Labute approximate surface area is 118 Å². The normalized spacial score (nSPS) is 12.7. The third kappa shape index (κ3) is 2.61. The van der Waals surface area contributed by atoms with Crippen LogP contribution in [0, 0.1) is 0 Å². The molecule has 0 unspecified atom stereocenters. The summed E-state index contributed by atoms with van der Waals surface area (Å²) in [4.78, 5) is 16.2. The van der Waals surface area contributed by atoms with Gasteiger partial charge in [0.05, 0.1) is 18.5 Å². The van der Waals surface area contributed by atoms with Gasteiger partial charge in [-0.1, -0.05) is 0 Å². The van der Waals surface area contributed by atoms with Gasteiger partial charge in [-0.3, -0.25) is 4.79 Å². The van der Waals surface area contributed by atoms with E-state index in [0.29, 0.717) is 17.9 Å². The van der Waals surface area contributed by atoms with Gasteiger partial charge in [-0.05, 0) is 51.8 Å². The van der Waals surface area contributed by atoms with Crippen molar-refractivity contribution in [3.8, 4) is 5.75 Å². The minimum atomic E-state index is -0.140. The maximum Gasteiger partial charge on any atom is 0.255 e. The van der Waals surface area contributed by atoms with Gasteiger partial charge >= 0.3 is 0 Å². The number of rotatable bonds is 2. The SMILES string of the molecule is O=C(Nc1ccc(Br)nc1)c1ccc2c(c1)CCO2. The first-order chi connectivity index (χ1) is 9.22. The number of hydrogen-bond acceptors (Lipinski definition) is 3. The van der Waals surface area contributed by atoms with Crippen LogP contribution in [0.25, 0.3) is 0 Å². The second kappa shape index (κ2) is 5.01. The number of hydrogen-bond donors (Lipinski definition) is 1. The predicted octanol–water partition coefficient (Wildman–Crippen LogP) is 3.03. The van der Waals surface area contributed by atoms with Crippen molar-refractivity contribution in [3.63, 3.8) is 0 Å². The average molecular weight is 319 g/mol. The van der Waals surface area contributed by atoms with Crippen molar-refractivity contribution in [3.05, 3.63) is 52.3 Å². The Kier molecular flexibility index (Phi) is 3.21. The number of carbonyl (C=O) groups is 1. The highest BCUT2D eigenvalue weighted by atomic mass is 79.9. The quantitative estimate of drug-likeness (QED) is 0.866. The molecule has 1 aliphatic rings. The zero-order chi connectivity index (χ0) is 13.2. The van der Waals surface area contributed by atoms with Gasteiger partial charge in [0.1, 0.15) is 10.4 Å². The molecule has 0 saturated heterocycles. The van der Waals surface area contributed by atoms with Gasteiger partial charge in [0.2, 0.25) is 0 Å². The Morgan fingerprint density at radius 2 is 2.21 bits per heavy atom. The smallest absolute Gasteiger partial charge is 0.255 e. The van der Waals surface area contributed by atoms with Crippen molar-refractivity contribution in [2.45, 2.75) is 6.42 Å². The molecule has 0 fully saturated rings. The molecule has 0 bridgehead atoms. The van der Waals surface area contributed by atoms with Crippen LogP contribution in [0.5, 0.6) is 5.75 Å². The standard InChI is InChI=1S/C14H11BrN2O2/c15-13-4-2-11(8-16-13)17-14(18)10-1-3-12-9(7-10)5-6-19-12/h1-4,7-8H,5-6H2,(H,17,18). The third-order valence-corrected chi connectivity index (χ3v) is 3.41. The van der Waals surface area contributed by atoms with E-state index in [2.05, 4.69) is 26.2 Å². The van der Waals surface area contributed by atoms with Gasteiger partial charge in [-0.15, -0.1) is 0 Å². The summed E-state index contributed by atoms with van der Waals surface area (Å²) in [6.07, 6.45) is 2.47. The molecule has 0 radical (unpaired) electrons. The van der Waals surface area contributed by atoms with Crippen LogP contribution in [0.3, 0.4) is 0 Å². The molecular weight excluding hydrogens is 308 g/mol. The van der Waals surface area contributed by atoms with Crippen molar-refractivity contribution >= 4 is 27.5 Å². The number of anilines is 1. The van der Waals surface area contributed by atoms with Crippen LogP contribution in [0.2, 0.25) is 0 Å². The van der Waals surface area contributed by atoms with E-state index in [0.717, 1.165) is 22.3 Å². The van der Waals surface area contributed by atoms with Crippen molar-refractivity contribution in [2.24, 2.45) is 0 Å². The number of ether oxygens (including phenoxy) is 1. The van der Waals surface area contributed by atoms with E-state index in [1.807, 2.05) is 12.1 Å². The zero-order valence-electron chi connectivity index (χ0n) is 10.0. The Morgan fingerprint density at radius 3 is 3.00 bits per heavy atom. The number of nitrogens with one attached hydrogen (secondary N) is 1. The number of nitrogens with zero attached hydrogens (tertiary/aromatic N) is 1. The van der Waals surface area contributed by atoms with Crippen molar-refractivity contribution in [2.75, 3.05) is 11.9 Å². The summed E-state index contributed by atoms with van der Waals surface area (Å²) in [5.74, 6) is 0.737. The van der Waals surface area contributed by atoms with Crippen LogP contribution in [0.4, 0.5) is 5.69 Å². The summed E-state index contributed by atoms with van der Waals surface area (Å²) in [6, 6.07) is 9.07. The topological polar surface area (TPSA) is 51.2 Å². The van der Waals surface area contributed by atoms with Gasteiger partial charge < -0.3 is 10.1 Å². The Balaban J connectivity index is 1.78. The minimum Gasteiger partial charge on any atom is -0.493 e. The van der Waals surface area contributed by atoms with E-state index < -0.39 is 0 Å². The largest absolute Gasteiger partial charge is 0.493 e. The molecule has 1 aliphatic heterocycles. The lowest BCUT2D eigenvalue weighted by atomic mass is 10.1. The molecule has 2 heterocycles. The van der Waals surface area contributed by atoms with E-state index in [4.69, 9.17) is 4.74 Å². The van der Waals surface area contributed by atoms with Crippen LogP contribution < -0.4 is 10.1 Å². The molecule has 1 aromatic carbocycles. The van der Waals surface area contributed by atoms with E-state index in [1.165, 1.54) is 0 Å². The maximum absolute atomic E-state index is 12.1. The minimum absolute atomic E-state index is 0.140. The third-order valence-electron chi connectivity index (χ3n) is 2.94. The summed E-state index contributed by atoms with van der Waals surface area (Å²) in [5.41, 5.74) is 2.39. The van der Waals surface area contributed by atoms with E-state index in [9.17, 15) is 4.79 Å². The highest BCUT2D eigenvalue weighted by molar-refractivity contribution is 9.10. The lowest BCUT2D eigenvalue weighted by Crippen LogP contribution is -2.12. The van der Waals surface area contributed by atoms with Crippen molar-refractivity contribution in [1.29, 1.82) is 0 Å². The molecule has 0 atom stereocenters. The van der Waals surface area contributed by atoms with Crippen LogP contribution in [0.1, 0.15) is 15.9 Å². The Hall–Kier alpha value is -1.88. The number of carbonyl (C=O) groups excluding carboxylic acids is 1. The van der Waals surface area contributed by atoms with E-state index in [1.54, 1.807) is 24.4 Å². The summed E-state index contributed by atoms with van der Waals surface area (Å²) in [6.45, 7) is 0.692. The summed E-state index contributed by atoms with van der Waals surface area (Å²) >= 11 is 3.25. The lowest BCUT2D eigenvalue weighted by Gasteiger charge is -2.06. The monoisotopic (exact) mass is 318 g/mol. The maximum atomic E-state index is 12.1. The molecule has 2 aromatic rings. The molecule has 4 nitrogen and oxygen atoms in total. The van der Waals surface area contributed by atoms with E-state index in [-0.39, 0.29) is 5.91 Å². The molecule has 5 heteroatoms. The number of aromatic nitrogens is 1. The van der Waals surface area contributed by atoms with E-state index >= 15 is 0 Å². The van der Waals surface area contributed by atoms with Gasteiger partial charge in [-0.25, -0.2) is 4.98 Å². The molecule has 0 aliphatic carbocycles. The fourth-order valence-electron chi connectivity index (χ4n) is 1.98. The van der Waals surface area contributed by atoms with Crippen LogP contribution in [-0.4, -0.2) is 17.5 Å². The molecule has 1 aromatic heterocycles. The Bertz CT molecular complexity index is 626. The molecule has 96 valence electrons. The molecule has 3 rings (SSSR count). The zero-order valence-corrected chi connectivity index (χ0v) is 11.6. The summed E-state index contributed by atoms with van der Waals surface area (Å²) in [7, 11) is 0. The molecule has 1 N–H and O–H groups in total. The molecule has 19 heavy (non-hydrogen) atoms.